The van der Waals surface area contributed by atoms with Gasteiger partial charge in [0.15, 0.2) is 0 Å². The summed E-state index contributed by atoms with van der Waals surface area (Å²) in [4.78, 5) is 16.5. The monoisotopic (exact) mass is 333 g/mol. The first kappa shape index (κ1) is 18.8. The first-order valence-corrected chi connectivity index (χ1v) is 9.07. The fourth-order valence-electron chi connectivity index (χ4n) is 3.29. The number of nitrogens with zero attached hydrogens (tertiary/aromatic N) is 1. The summed E-state index contributed by atoms with van der Waals surface area (Å²) in [6.45, 7) is 9.74. The second-order valence-corrected chi connectivity index (χ2v) is 7.96. The number of carbonyl (C=O) groups is 1. The van der Waals surface area contributed by atoms with Crippen molar-refractivity contribution in [2.45, 2.75) is 78.4 Å². The van der Waals surface area contributed by atoms with Gasteiger partial charge in [-0.25, -0.2) is 0 Å². The number of aromatic nitrogens is 1. The molecule has 0 radical (unpaired) electrons. The Morgan fingerprint density at radius 3 is 2.67 bits per heavy atom. The van der Waals surface area contributed by atoms with Crippen LogP contribution in [0.15, 0.2) is 18.3 Å². The fraction of sp³-hybridized carbons (Fsp3) is 0.700. The predicted octanol–water partition coefficient (Wildman–Crippen LogP) is 4.70. The molecular weight excluding hydrogens is 302 g/mol. The van der Waals surface area contributed by atoms with Gasteiger partial charge in [0.2, 0.25) is 0 Å². The summed E-state index contributed by atoms with van der Waals surface area (Å²) in [5.74, 6) is 1.15. The zero-order valence-electron chi connectivity index (χ0n) is 15.7. The van der Waals surface area contributed by atoms with E-state index in [2.05, 4.69) is 4.98 Å². The third kappa shape index (κ3) is 5.81. The Morgan fingerprint density at radius 1 is 1.25 bits per heavy atom. The molecule has 2 rings (SSSR count). The molecule has 1 saturated carbocycles. The molecule has 1 aromatic rings. The van der Waals surface area contributed by atoms with E-state index in [4.69, 9.17) is 9.47 Å². The zero-order valence-corrected chi connectivity index (χ0v) is 15.7. The average molecular weight is 333 g/mol. The Bertz CT molecular complexity index is 550. The number of hydrogen-bond donors (Lipinski definition) is 0. The molecular formula is C20H31NO3. The maximum atomic E-state index is 12.3. The van der Waals surface area contributed by atoms with E-state index in [1.807, 2.05) is 46.8 Å². The molecule has 0 saturated heterocycles. The third-order valence-electron chi connectivity index (χ3n) is 4.62. The van der Waals surface area contributed by atoms with Crippen LogP contribution in [0.3, 0.4) is 0 Å². The summed E-state index contributed by atoms with van der Waals surface area (Å²) < 4.78 is 11.7. The largest absolute Gasteiger partial charge is 0.490 e. The fourth-order valence-corrected chi connectivity index (χ4v) is 3.29. The van der Waals surface area contributed by atoms with Gasteiger partial charge in [0.1, 0.15) is 11.4 Å². The molecule has 0 aliphatic heterocycles. The second kappa shape index (κ2) is 8.00. The summed E-state index contributed by atoms with van der Waals surface area (Å²) in [6.07, 6.45) is 7.20. The third-order valence-corrected chi connectivity index (χ3v) is 4.62. The summed E-state index contributed by atoms with van der Waals surface area (Å²) in [7, 11) is 0. The van der Waals surface area contributed by atoms with Gasteiger partial charge in [-0.2, -0.15) is 0 Å². The average Bonchev–Trinajstić information content (AvgIpc) is 2.70. The molecule has 24 heavy (non-hydrogen) atoms. The quantitative estimate of drug-likeness (QED) is 0.592. The first-order valence-electron chi connectivity index (χ1n) is 9.07. The van der Waals surface area contributed by atoms with E-state index < -0.39 is 5.60 Å². The van der Waals surface area contributed by atoms with Crippen LogP contribution in [0.4, 0.5) is 0 Å². The van der Waals surface area contributed by atoms with Gasteiger partial charge in [0.05, 0.1) is 12.0 Å². The summed E-state index contributed by atoms with van der Waals surface area (Å²) in [5, 5.41) is 0. The van der Waals surface area contributed by atoms with E-state index in [1.165, 1.54) is 0 Å². The molecule has 0 bridgehead atoms. The van der Waals surface area contributed by atoms with Crippen molar-refractivity contribution in [1.29, 1.82) is 0 Å². The van der Waals surface area contributed by atoms with E-state index >= 15 is 0 Å². The molecule has 1 heterocycles. The number of rotatable bonds is 4. The van der Waals surface area contributed by atoms with Crippen molar-refractivity contribution >= 4 is 5.97 Å². The molecule has 0 aromatic carbocycles. The highest BCUT2D eigenvalue weighted by atomic mass is 16.6. The Balaban J connectivity index is 1.89. The minimum Gasteiger partial charge on any atom is -0.490 e. The van der Waals surface area contributed by atoms with Crippen LogP contribution in [-0.4, -0.2) is 22.7 Å². The molecule has 3 atom stereocenters. The van der Waals surface area contributed by atoms with E-state index in [1.54, 1.807) is 6.20 Å². The maximum Gasteiger partial charge on any atom is 0.309 e. The van der Waals surface area contributed by atoms with Gasteiger partial charge in [-0.3, -0.25) is 9.78 Å². The van der Waals surface area contributed by atoms with Crippen molar-refractivity contribution in [3.63, 3.8) is 0 Å². The highest BCUT2D eigenvalue weighted by Crippen LogP contribution is 2.32. The number of hydrogen-bond acceptors (Lipinski definition) is 4. The lowest BCUT2D eigenvalue weighted by molar-refractivity contribution is -0.161. The highest BCUT2D eigenvalue weighted by molar-refractivity contribution is 5.72. The lowest BCUT2D eigenvalue weighted by Gasteiger charge is -2.26. The van der Waals surface area contributed by atoms with E-state index in [0.717, 1.165) is 43.5 Å². The van der Waals surface area contributed by atoms with Crippen LogP contribution in [-0.2, 0) is 9.53 Å². The van der Waals surface area contributed by atoms with Gasteiger partial charge in [0.25, 0.3) is 0 Å². The molecule has 1 aromatic heterocycles. The molecule has 1 fully saturated rings. The van der Waals surface area contributed by atoms with E-state index in [9.17, 15) is 4.79 Å². The molecule has 0 spiro atoms. The van der Waals surface area contributed by atoms with Crippen molar-refractivity contribution < 1.29 is 14.3 Å². The smallest absolute Gasteiger partial charge is 0.309 e. The minimum absolute atomic E-state index is 0.0499. The lowest BCUT2D eigenvalue weighted by atomic mass is 9.87. The van der Waals surface area contributed by atoms with Crippen LogP contribution in [0.2, 0.25) is 0 Å². The van der Waals surface area contributed by atoms with Crippen molar-refractivity contribution in [2.24, 2.45) is 11.8 Å². The lowest BCUT2D eigenvalue weighted by Crippen LogP contribution is -2.31. The Labute approximate surface area is 146 Å². The number of ether oxygens (including phenoxy) is 2. The van der Waals surface area contributed by atoms with Crippen molar-refractivity contribution in [2.75, 3.05) is 0 Å². The van der Waals surface area contributed by atoms with Crippen LogP contribution in [0.1, 0.15) is 65.5 Å². The van der Waals surface area contributed by atoms with Crippen LogP contribution < -0.4 is 4.74 Å². The molecule has 3 unspecified atom stereocenters. The van der Waals surface area contributed by atoms with Crippen LogP contribution in [0.5, 0.6) is 5.75 Å². The van der Waals surface area contributed by atoms with E-state index in [0.29, 0.717) is 5.92 Å². The zero-order chi connectivity index (χ0) is 17.7. The molecule has 4 nitrogen and oxygen atoms in total. The van der Waals surface area contributed by atoms with Crippen molar-refractivity contribution in [1.82, 2.24) is 4.98 Å². The molecule has 134 valence electrons. The van der Waals surface area contributed by atoms with Crippen LogP contribution in [0.25, 0.3) is 0 Å². The summed E-state index contributed by atoms with van der Waals surface area (Å²) in [6, 6.07) is 3.89. The summed E-state index contributed by atoms with van der Waals surface area (Å²) in [5.41, 5.74) is 0.554. The Morgan fingerprint density at radius 2 is 2.00 bits per heavy atom. The van der Waals surface area contributed by atoms with Gasteiger partial charge < -0.3 is 9.47 Å². The van der Waals surface area contributed by atoms with Crippen molar-refractivity contribution in [3.05, 3.63) is 24.0 Å². The molecule has 0 N–H and O–H groups in total. The molecule has 4 heteroatoms. The van der Waals surface area contributed by atoms with Gasteiger partial charge >= 0.3 is 5.97 Å². The van der Waals surface area contributed by atoms with Gasteiger partial charge in [0, 0.05) is 18.0 Å². The molecule has 1 aliphatic carbocycles. The standard InChI is InChI=1S/C20H31NO3/c1-14-13-18(11-12-21-14)23-17-8-6-7-16(9-10-17)15(2)19(22)24-20(3,4)5/h11-13,15-17H,6-10H2,1-5H3. The topological polar surface area (TPSA) is 48.4 Å². The first-order chi connectivity index (χ1) is 11.2. The Kier molecular flexibility index (Phi) is 6.25. The predicted molar refractivity (Wildman–Crippen MR) is 95.0 cm³/mol. The minimum atomic E-state index is -0.416. The SMILES string of the molecule is Cc1cc(OC2CCCC(C(C)C(=O)OC(C)(C)C)CC2)ccn1. The molecule has 1 aliphatic rings. The highest BCUT2D eigenvalue weighted by Gasteiger charge is 2.30. The maximum absolute atomic E-state index is 12.3. The van der Waals surface area contributed by atoms with Crippen LogP contribution >= 0.6 is 0 Å². The second-order valence-electron chi connectivity index (χ2n) is 7.96. The number of esters is 1. The number of carbonyl (C=O) groups excluding carboxylic acids is 1. The normalized spacial score (nSPS) is 23.2. The van der Waals surface area contributed by atoms with Gasteiger partial charge in [-0.15, -0.1) is 0 Å². The van der Waals surface area contributed by atoms with Gasteiger partial charge in [-0.05, 0) is 71.8 Å². The summed E-state index contributed by atoms with van der Waals surface area (Å²) >= 11 is 0. The molecule has 0 amide bonds. The van der Waals surface area contributed by atoms with Crippen molar-refractivity contribution in [3.8, 4) is 5.75 Å². The van der Waals surface area contributed by atoms with Gasteiger partial charge in [-0.1, -0.05) is 6.92 Å². The number of aryl methyl sites for hydroxylation is 1. The van der Waals surface area contributed by atoms with E-state index in [-0.39, 0.29) is 18.0 Å². The number of pyridine rings is 1. The Hall–Kier alpha value is -1.58. The van der Waals surface area contributed by atoms with Crippen LogP contribution in [0, 0.1) is 18.8 Å².